The fraction of sp³-hybridized carbons (Fsp3) is 0.417. The zero-order chi connectivity index (χ0) is 19.1. The van der Waals surface area contributed by atoms with Crippen LogP contribution in [0.25, 0.3) is 0 Å². The van der Waals surface area contributed by atoms with Crippen LogP contribution in [0.3, 0.4) is 0 Å². The van der Waals surface area contributed by atoms with Crippen molar-refractivity contribution in [3.63, 3.8) is 0 Å². The van der Waals surface area contributed by atoms with Gasteiger partial charge in [0.15, 0.2) is 0 Å². The Morgan fingerprint density at radius 1 is 0.963 bits per heavy atom. The molecular weight excluding hydrogens is 346 g/mol. The van der Waals surface area contributed by atoms with E-state index < -0.39 is 8.32 Å². The van der Waals surface area contributed by atoms with Crippen LogP contribution in [-0.2, 0) is 4.43 Å². The van der Waals surface area contributed by atoms with Gasteiger partial charge in [0, 0.05) is 19.1 Å². The molecule has 2 aromatic rings. The zero-order valence-corrected chi connectivity index (χ0v) is 17.8. The molecule has 2 atom stereocenters. The molecule has 3 heteroatoms. The summed E-state index contributed by atoms with van der Waals surface area (Å²) in [5.41, 5.74) is 1.38. The quantitative estimate of drug-likeness (QED) is 0.591. The molecule has 4 rings (SSSR count). The van der Waals surface area contributed by atoms with E-state index in [0.29, 0.717) is 12.1 Å². The van der Waals surface area contributed by atoms with Gasteiger partial charge in [-0.25, -0.2) is 0 Å². The summed E-state index contributed by atoms with van der Waals surface area (Å²) in [6.07, 6.45) is 2.57. The Bertz CT molecular complexity index is 741. The lowest BCUT2D eigenvalue weighted by Gasteiger charge is -2.44. The Kier molecular flexibility index (Phi) is 4.87. The van der Waals surface area contributed by atoms with Crippen molar-refractivity contribution < 1.29 is 4.43 Å². The van der Waals surface area contributed by atoms with Gasteiger partial charge in [0.1, 0.15) is 0 Å². The molecule has 27 heavy (non-hydrogen) atoms. The van der Waals surface area contributed by atoms with Gasteiger partial charge >= 0.3 is 0 Å². The molecule has 0 saturated carbocycles. The first-order valence-electron chi connectivity index (χ1n) is 10.1. The summed E-state index contributed by atoms with van der Waals surface area (Å²) in [6.45, 7) is 13.4. The van der Waals surface area contributed by atoms with Crippen molar-refractivity contribution in [1.29, 1.82) is 0 Å². The molecule has 142 valence electrons. The minimum absolute atomic E-state index is 0.0480. The third-order valence-electron chi connectivity index (χ3n) is 6.20. The standard InChI is InChI=1S/C24H31NOSi/c1-19-15-20-16-21(18-25(20)17-19)26-27(24(2,3)4,22-11-7-5-8-12-22)23-13-9-6-10-14-23/h5-14,20-21H,1,15-18H2,2-4H3/t20-,21+/m1/s1. The molecule has 2 aromatic carbocycles. The summed E-state index contributed by atoms with van der Waals surface area (Å²) < 4.78 is 7.27. The van der Waals surface area contributed by atoms with Gasteiger partial charge < -0.3 is 4.43 Å². The molecule has 0 radical (unpaired) electrons. The Hall–Kier alpha value is -1.68. The summed E-state index contributed by atoms with van der Waals surface area (Å²) >= 11 is 0. The van der Waals surface area contributed by atoms with E-state index in [1.54, 1.807) is 0 Å². The van der Waals surface area contributed by atoms with Crippen LogP contribution in [0.5, 0.6) is 0 Å². The van der Waals surface area contributed by atoms with Crippen molar-refractivity contribution in [2.45, 2.75) is 50.8 Å². The maximum Gasteiger partial charge on any atom is 0.261 e. The molecule has 2 fully saturated rings. The predicted molar refractivity (Wildman–Crippen MR) is 116 cm³/mol. The molecule has 0 unspecified atom stereocenters. The number of nitrogens with zero attached hydrogens (tertiary/aromatic N) is 1. The van der Waals surface area contributed by atoms with Crippen LogP contribution in [0, 0.1) is 0 Å². The zero-order valence-electron chi connectivity index (χ0n) is 16.8. The van der Waals surface area contributed by atoms with Crippen LogP contribution in [0.4, 0.5) is 0 Å². The van der Waals surface area contributed by atoms with Crippen molar-refractivity contribution >= 4 is 18.7 Å². The van der Waals surface area contributed by atoms with Crippen molar-refractivity contribution in [2.24, 2.45) is 0 Å². The predicted octanol–water partition coefficient (Wildman–Crippen LogP) is 3.97. The van der Waals surface area contributed by atoms with Crippen LogP contribution >= 0.6 is 0 Å². The van der Waals surface area contributed by atoms with Crippen molar-refractivity contribution in [1.82, 2.24) is 4.90 Å². The smallest absolute Gasteiger partial charge is 0.261 e. The minimum Gasteiger partial charge on any atom is -0.403 e. The topological polar surface area (TPSA) is 12.5 Å². The maximum atomic E-state index is 7.27. The summed E-state index contributed by atoms with van der Waals surface area (Å²) in [5, 5.41) is 2.80. The van der Waals surface area contributed by atoms with Crippen molar-refractivity contribution in [3.8, 4) is 0 Å². The number of rotatable bonds is 4. The minimum atomic E-state index is -2.43. The lowest BCUT2D eigenvalue weighted by molar-refractivity contribution is 0.191. The molecule has 0 N–H and O–H groups in total. The van der Waals surface area contributed by atoms with Gasteiger partial charge in [-0.2, -0.15) is 0 Å². The summed E-state index contributed by atoms with van der Waals surface area (Å²) in [6, 6.07) is 22.6. The highest BCUT2D eigenvalue weighted by Crippen LogP contribution is 2.40. The van der Waals surface area contributed by atoms with Crippen molar-refractivity contribution in [3.05, 3.63) is 72.8 Å². The first-order valence-corrected chi connectivity index (χ1v) is 12.0. The molecule has 2 nitrogen and oxygen atoms in total. The van der Waals surface area contributed by atoms with E-state index in [1.807, 2.05) is 0 Å². The Morgan fingerprint density at radius 2 is 1.52 bits per heavy atom. The first-order chi connectivity index (χ1) is 12.9. The second-order valence-corrected chi connectivity index (χ2v) is 13.4. The van der Waals surface area contributed by atoms with Crippen LogP contribution in [0.15, 0.2) is 72.8 Å². The summed E-state index contributed by atoms with van der Waals surface area (Å²) in [5.74, 6) is 0. The number of benzene rings is 2. The lowest BCUT2D eigenvalue weighted by atomic mass is 10.1. The Labute approximate surface area is 165 Å². The van der Waals surface area contributed by atoms with Gasteiger partial charge in [0.05, 0.1) is 6.10 Å². The molecule has 0 aromatic heterocycles. The molecule has 0 bridgehead atoms. The Balaban J connectivity index is 1.75. The van der Waals surface area contributed by atoms with Gasteiger partial charge in [0.25, 0.3) is 8.32 Å². The second-order valence-electron chi connectivity index (χ2n) is 9.18. The van der Waals surface area contributed by atoms with E-state index in [1.165, 1.54) is 15.9 Å². The maximum absolute atomic E-state index is 7.27. The van der Waals surface area contributed by atoms with Gasteiger partial charge in [-0.15, -0.1) is 0 Å². The fourth-order valence-corrected chi connectivity index (χ4v) is 9.74. The van der Waals surface area contributed by atoms with Gasteiger partial charge in [0.2, 0.25) is 0 Å². The van der Waals surface area contributed by atoms with E-state index in [-0.39, 0.29) is 5.04 Å². The van der Waals surface area contributed by atoms with E-state index in [0.717, 1.165) is 25.9 Å². The fourth-order valence-electron chi connectivity index (χ4n) is 5.06. The number of hydrogen-bond donors (Lipinski definition) is 0. The van der Waals surface area contributed by atoms with Crippen molar-refractivity contribution in [2.75, 3.05) is 13.1 Å². The lowest BCUT2D eigenvalue weighted by Crippen LogP contribution is -2.67. The van der Waals surface area contributed by atoms with E-state index in [9.17, 15) is 0 Å². The van der Waals surface area contributed by atoms with Gasteiger partial charge in [-0.05, 0) is 28.3 Å². The van der Waals surface area contributed by atoms with Crippen LogP contribution in [0.2, 0.25) is 5.04 Å². The largest absolute Gasteiger partial charge is 0.403 e. The van der Waals surface area contributed by atoms with Gasteiger partial charge in [-0.3, -0.25) is 4.90 Å². The molecule has 0 aliphatic carbocycles. The highest BCUT2D eigenvalue weighted by Gasteiger charge is 2.52. The number of fused-ring (bicyclic) bond motifs is 1. The monoisotopic (exact) mass is 377 g/mol. The third kappa shape index (κ3) is 3.33. The average molecular weight is 378 g/mol. The SMILES string of the molecule is C=C1C[C@@H]2C[C@H](O[Si](c3ccccc3)(c3ccccc3)C(C)(C)C)CN2C1. The second kappa shape index (κ2) is 7.05. The molecule has 2 aliphatic heterocycles. The van der Waals surface area contributed by atoms with Crippen LogP contribution < -0.4 is 10.4 Å². The highest BCUT2D eigenvalue weighted by atomic mass is 28.4. The van der Waals surface area contributed by atoms with E-state index >= 15 is 0 Å². The normalized spacial score (nSPS) is 23.6. The molecule has 2 saturated heterocycles. The average Bonchev–Trinajstić information content (AvgIpc) is 3.16. The molecule has 2 heterocycles. The highest BCUT2D eigenvalue weighted by molar-refractivity contribution is 6.99. The Morgan fingerprint density at radius 3 is 2.00 bits per heavy atom. The van der Waals surface area contributed by atoms with Gasteiger partial charge in [-0.1, -0.05) is 93.6 Å². The molecule has 0 amide bonds. The molecule has 0 spiro atoms. The summed E-state index contributed by atoms with van der Waals surface area (Å²) in [7, 11) is -2.43. The van der Waals surface area contributed by atoms with E-state index in [4.69, 9.17) is 4.43 Å². The molecular formula is C24H31NOSi. The third-order valence-corrected chi connectivity index (χ3v) is 11.3. The first kappa shape index (κ1) is 18.7. The molecule has 2 aliphatic rings. The van der Waals surface area contributed by atoms with Crippen LogP contribution in [-0.4, -0.2) is 38.5 Å². The summed E-state index contributed by atoms with van der Waals surface area (Å²) in [4.78, 5) is 2.57. The van der Waals surface area contributed by atoms with E-state index in [2.05, 4.69) is 92.9 Å². The number of hydrogen-bond acceptors (Lipinski definition) is 2. The van der Waals surface area contributed by atoms with Crippen LogP contribution in [0.1, 0.15) is 33.6 Å².